The average molecular weight is 551 g/mol. The molecule has 0 spiro atoms. The third kappa shape index (κ3) is 5.97. The summed E-state index contributed by atoms with van der Waals surface area (Å²) in [6.45, 7) is 5.71. The highest BCUT2D eigenvalue weighted by Gasteiger charge is 2.44. The number of likely N-dealkylation sites (N-methyl/N-ethyl adjacent to an activating group) is 1. The lowest BCUT2D eigenvalue weighted by atomic mass is 9.72. The summed E-state index contributed by atoms with van der Waals surface area (Å²) in [6, 6.07) is 12.1. The molecule has 204 valence electrons. The largest absolute Gasteiger partial charge is 0.477 e. The second-order valence-electron chi connectivity index (χ2n) is 9.62. The molecule has 1 aliphatic rings. The maximum Gasteiger partial charge on any atom is 0.231 e. The zero-order chi connectivity index (χ0) is 28.0. The summed E-state index contributed by atoms with van der Waals surface area (Å²) in [5, 5.41) is 16.3. The van der Waals surface area contributed by atoms with Gasteiger partial charge in [0, 0.05) is 43.1 Å². The number of pyridine rings is 2. The van der Waals surface area contributed by atoms with E-state index in [4.69, 9.17) is 16.3 Å². The summed E-state index contributed by atoms with van der Waals surface area (Å²) in [7, 11) is 1.82. The predicted octanol–water partition coefficient (Wildman–Crippen LogP) is 4.47. The SMILES string of the molecule is CCOc1ncccc1-c1ncc(C2(C(=O)NC(C)CNC)CCN(c3ccc(Cl)cc3C#N)CC2)cc1F. The zero-order valence-electron chi connectivity index (χ0n) is 22.3. The highest BCUT2D eigenvalue weighted by atomic mass is 35.5. The Morgan fingerprint density at radius 2 is 2.05 bits per heavy atom. The van der Waals surface area contributed by atoms with Gasteiger partial charge in [-0.05, 0) is 75.7 Å². The molecule has 2 aromatic heterocycles. The molecule has 4 rings (SSSR count). The molecule has 1 saturated heterocycles. The lowest BCUT2D eigenvalue weighted by Crippen LogP contribution is -2.54. The van der Waals surface area contributed by atoms with Gasteiger partial charge in [0.25, 0.3) is 0 Å². The molecule has 1 aliphatic heterocycles. The van der Waals surface area contributed by atoms with Gasteiger partial charge in [-0.25, -0.2) is 9.37 Å². The Labute approximate surface area is 233 Å². The lowest BCUT2D eigenvalue weighted by molar-refractivity contribution is -0.128. The van der Waals surface area contributed by atoms with Crippen LogP contribution in [0, 0.1) is 17.1 Å². The molecular weight excluding hydrogens is 519 g/mol. The van der Waals surface area contributed by atoms with Gasteiger partial charge in [0.15, 0.2) is 0 Å². The summed E-state index contributed by atoms with van der Waals surface area (Å²) < 4.78 is 21.2. The van der Waals surface area contributed by atoms with Gasteiger partial charge in [-0.3, -0.25) is 9.78 Å². The molecule has 1 fully saturated rings. The monoisotopic (exact) mass is 550 g/mol. The fraction of sp³-hybridized carbons (Fsp3) is 0.379. The van der Waals surface area contributed by atoms with Gasteiger partial charge in [0.2, 0.25) is 11.8 Å². The summed E-state index contributed by atoms with van der Waals surface area (Å²) >= 11 is 6.09. The molecule has 10 heteroatoms. The molecule has 2 N–H and O–H groups in total. The molecule has 8 nitrogen and oxygen atoms in total. The fourth-order valence-electron chi connectivity index (χ4n) is 5.09. The molecule has 1 aromatic carbocycles. The number of ether oxygens (including phenoxy) is 1. The molecular formula is C29H32ClFN6O2. The van der Waals surface area contributed by atoms with Crippen LogP contribution in [0.3, 0.4) is 0 Å². The molecule has 0 bridgehead atoms. The van der Waals surface area contributed by atoms with Crippen molar-refractivity contribution in [2.24, 2.45) is 0 Å². The Kier molecular flexibility index (Phi) is 9.00. The van der Waals surface area contributed by atoms with Crippen LogP contribution in [0.15, 0.2) is 48.8 Å². The van der Waals surface area contributed by atoms with Crippen LogP contribution in [0.25, 0.3) is 11.3 Å². The first kappa shape index (κ1) is 28.3. The van der Waals surface area contributed by atoms with Crippen molar-refractivity contribution in [1.82, 2.24) is 20.6 Å². The minimum Gasteiger partial charge on any atom is -0.477 e. The minimum atomic E-state index is -0.998. The maximum atomic E-state index is 15.7. The van der Waals surface area contributed by atoms with Gasteiger partial charge >= 0.3 is 0 Å². The van der Waals surface area contributed by atoms with E-state index < -0.39 is 11.2 Å². The van der Waals surface area contributed by atoms with Crippen LogP contribution in [0.4, 0.5) is 10.1 Å². The van der Waals surface area contributed by atoms with E-state index in [9.17, 15) is 10.1 Å². The molecule has 0 radical (unpaired) electrons. The number of halogens is 2. The van der Waals surface area contributed by atoms with Crippen molar-refractivity contribution in [2.75, 3.05) is 38.2 Å². The van der Waals surface area contributed by atoms with Gasteiger partial charge in [0.1, 0.15) is 17.6 Å². The Hall–Kier alpha value is -3.74. The summed E-state index contributed by atoms with van der Waals surface area (Å²) in [6.07, 6.45) is 3.99. The van der Waals surface area contributed by atoms with Crippen LogP contribution < -0.4 is 20.3 Å². The standard InChI is InChI=1S/C29H32ClFN6O2/c1-4-39-27-23(6-5-11-34-27)26-24(31)15-21(18-35-26)29(28(38)36-19(2)17-33-3)9-12-37(13-10-29)25-8-7-22(30)14-20(25)16-32/h5-8,11,14-15,18-19,33H,4,9-10,12-13,17H2,1-3H3,(H,36,38). The predicted molar refractivity (Wildman–Crippen MR) is 149 cm³/mol. The number of nitrogens with zero attached hydrogens (tertiary/aromatic N) is 4. The first-order valence-corrected chi connectivity index (χ1v) is 13.3. The van der Waals surface area contributed by atoms with E-state index in [0.717, 1.165) is 5.69 Å². The zero-order valence-corrected chi connectivity index (χ0v) is 23.1. The van der Waals surface area contributed by atoms with Crippen molar-refractivity contribution in [2.45, 2.75) is 38.1 Å². The van der Waals surface area contributed by atoms with Crippen molar-refractivity contribution < 1.29 is 13.9 Å². The van der Waals surface area contributed by atoms with Crippen LogP contribution in [0.1, 0.15) is 37.8 Å². The quantitative estimate of drug-likeness (QED) is 0.405. The number of nitrogens with one attached hydrogen (secondary N) is 2. The minimum absolute atomic E-state index is 0.117. The molecule has 1 atom stereocenters. The van der Waals surface area contributed by atoms with E-state index in [1.807, 2.05) is 27.0 Å². The number of aromatic nitrogens is 2. The van der Waals surface area contributed by atoms with Crippen molar-refractivity contribution in [3.8, 4) is 23.2 Å². The first-order valence-electron chi connectivity index (χ1n) is 13.0. The molecule has 0 aliphatic carbocycles. The summed E-state index contributed by atoms with van der Waals surface area (Å²) in [5.41, 5.74) is 1.32. The highest BCUT2D eigenvalue weighted by Crippen LogP contribution is 2.40. The first-order chi connectivity index (χ1) is 18.8. The maximum absolute atomic E-state index is 15.7. The number of nitriles is 1. The highest BCUT2D eigenvalue weighted by molar-refractivity contribution is 6.30. The Balaban J connectivity index is 1.69. The van der Waals surface area contributed by atoms with Gasteiger partial charge in [0.05, 0.1) is 28.8 Å². The number of amides is 1. The molecule has 3 aromatic rings. The number of hydrogen-bond donors (Lipinski definition) is 2. The average Bonchev–Trinajstić information content (AvgIpc) is 2.93. The number of hydrogen-bond acceptors (Lipinski definition) is 7. The van der Waals surface area contributed by atoms with Crippen molar-refractivity contribution in [3.63, 3.8) is 0 Å². The molecule has 3 heterocycles. The number of anilines is 1. The fourth-order valence-corrected chi connectivity index (χ4v) is 5.26. The van der Waals surface area contributed by atoms with Crippen LogP contribution >= 0.6 is 11.6 Å². The van der Waals surface area contributed by atoms with Crippen LogP contribution in [-0.4, -0.2) is 55.2 Å². The van der Waals surface area contributed by atoms with E-state index in [0.29, 0.717) is 66.7 Å². The van der Waals surface area contributed by atoms with Crippen molar-refractivity contribution in [3.05, 3.63) is 70.8 Å². The number of rotatable bonds is 9. The normalized spacial score (nSPS) is 15.3. The number of piperidine rings is 1. The Morgan fingerprint density at radius 3 is 2.72 bits per heavy atom. The molecule has 39 heavy (non-hydrogen) atoms. The second kappa shape index (κ2) is 12.4. The third-order valence-electron chi connectivity index (χ3n) is 7.06. The van der Waals surface area contributed by atoms with Gasteiger partial charge < -0.3 is 20.3 Å². The van der Waals surface area contributed by atoms with Crippen molar-refractivity contribution >= 4 is 23.2 Å². The summed E-state index contributed by atoms with van der Waals surface area (Å²) in [5.74, 6) is -0.423. The van der Waals surface area contributed by atoms with E-state index in [2.05, 4.69) is 31.6 Å². The van der Waals surface area contributed by atoms with Crippen LogP contribution in [0.2, 0.25) is 5.02 Å². The topological polar surface area (TPSA) is 103 Å². The molecule has 1 amide bonds. The number of carbonyl (C=O) groups excluding carboxylic acids is 1. The van der Waals surface area contributed by atoms with E-state index in [1.54, 1.807) is 36.7 Å². The van der Waals surface area contributed by atoms with Gasteiger partial charge in [-0.1, -0.05) is 11.6 Å². The van der Waals surface area contributed by atoms with E-state index in [1.165, 1.54) is 6.07 Å². The van der Waals surface area contributed by atoms with Gasteiger partial charge in [-0.2, -0.15) is 5.26 Å². The Morgan fingerprint density at radius 1 is 1.28 bits per heavy atom. The molecule has 0 saturated carbocycles. The second-order valence-corrected chi connectivity index (χ2v) is 10.1. The van der Waals surface area contributed by atoms with Crippen LogP contribution in [-0.2, 0) is 10.2 Å². The van der Waals surface area contributed by atoms with E-state index >= 15 is 4.39 Å². The van der Waals surface area contributed by atoms with Gasteiger partial charge in [-0.15, -0.1) is 0 Å². The lowest BCUT2D eigenvalue weighted by Gasteiger charge is -2.42. The number of benzene rings is 1. The Bertz CT molecular complexity index is 1370. The van der Waals surface area contributed by atoms with E-state index in [-0.39, 0.29) is 17.6 Å². The third-order valence-corrected chi connectivity index (χ3v) is 7.30. The summed E-state index contributed by atoms with van der Waals surface area (Å²) in [4.78, 5) is 24.6. The number of carbonyl (C=O) groups is 1. The van der Waals surface area contributed by atoms with Crippen molar-refractivity contribution in [1.29, 1.82) is 5.26 Å². The molecule has 1 unspecified atom stereocenters. The van der Waals surface area contributed by atoms with Crippen LogP contribution in [0.5, 0.6) is 5.88 Å². The smallest absolute Gasteiger partial charge is 0.231 e.